The summed E-state index contributed by atoms with van der Waals surface area (Å²) in [4.78, 5) is 2.53. The maximum absolute atomic E-state index is 5.76. The molecule has 1 saturated heterocycles. The molecule has 0 radical (unpaired) electrons. The molecule has 2 atom stereocenters. The molecule has 1 N–H and O–H groups in total. The molecule has 3 nitrogen and oxygen atoms in total. The fourth-order valence-electron chi connectivity index (χ4n) is 3.40. The molecular formula is C15H30N2O. The Balaban J connectivity index is 1.54. The van der Waals surface area contributed by atoms with Crippen molar-refractivity contribution in [3.63, 3.8) is 0 Å². The summed E-state index contributed by atoms with van der Waals surface area (Å²) in [5, 5.41) is 3.65. The van der Waals surface area contributed by atoms with Crippen LogP contribution in [0.15, 0.2) is 0 Å². The first-order valence-electron chi connectivity index (χ1n) is 7.82. The highest BCUT2D eigenvalue weighted by Crippen LogP contribution is 2.22. The molecule has 0 aromatic carbocycles. The quantitative estimate of drug-likeness (QED) is 0.762. The molecule has 2 fully saturated rings. The smallest absolute Gasteiger partial charge is 0.0678 e. The van der Waals surface area contributed by atoms with Crippen LogP contribution >= 0.6 is 0 Å². The van der Waals surface area contributed by atoms with Crippen LogP contribution in [-0.4, -0.2) is 49.8 Å². The topological polar surface area (TPSA) is 24.5 Å². The summed E-state index contributed by atoms with van der Waals surface area (Å²) in [5.74, 6) is 0.946. The van der Waals surface area contributed by atoms with Crippen molar-refractivity contribution in [1.82, 2.24) is 10.2 Å². The summed E-state index contributed by atoms with van der Waals surface area (Å²) in [6.45, 7) is 10.1. The van der Waals surface area contributed by atoms with Crippen LogP contribution in [0.1, 0.15) is 46.0 Å². The minimum atomic E-state index is 0.395. The van der Waals surface area contributed by atoms with Gasteiger partial charge < -0.3 is 10.1 Å². The molecule has 106 valence electrons. The maximum atomic E-state index is 5.76. The maximum Gasteiger partial charge on any atom is 0.0678 e. The Bertz CT molecular complexity index is 219. The van der Waals surface area contributed by atoms with Crippen molar-refractivity contribution in [2.75, 3.05) is 32.7 Å². The lowest BCUT2D eigenvalue weighted by Crippen LogP contribution is -2.47. The number of morpholine rings is 1. The lowest BCUT2D eigenvalue weighted by molar-refractivity contribution is -0.0674. The van der Waals surface area contributed by atoms with E-state index in [0.29, 0.717) is 12.2 Å². The van der Waals surface area contributed by atoms with Gasteiger partial charge in [0, 0.05) is 26.2 Å². The molecule has 1 saturated carbocycles. The number of ether oxygens (including phenoxy) is 1. The SMILES string of the molecule is C[C@@H]1CN(CCNCC2CCCCC2)C[C@H](C)O1. The van der Waals surface area contributed by atoms with Gasteiger partial charge in [-0.3, -0.25) is 4.90 Å². The van der Waals surface area contributed by atoms with Crippen molar-refractivity contribution in [2.24, 2.45) is 5.92 Å². The Morgan fingerprint density at radius 2 is 1.72 bits per heavy atom. The number of rotatable bonds is 5. The molecule has 0 aromatic heterocycles. The molecule has 18 heavy (non-hydrogen) atoms. The van der Waals surface area contributed by atoms with Gasteiger partial charge in [-0.1, -0.05) is 19.3 Å². The van der Waals surface area contributed by atoms with E-state index < -0.39 is 0 Å². The lowest BCUT2D eigenvalue weighted by atomic mass is 9.89. The Morgan fingerprint density at radius 1 is 1.06 bits per heavy atom. The summed E-state index contributed by atoms with van der Waals surface area (Å²) in [7, 11) is 0. The van der Waals surface area contributed by atoms with Crippen LogP contribution in [0.25, 0.3) is 0 Å². The second-order valence-electron chi connectivity index (χ2n) is 6.23. The van der Waals surface area contributed by atoms with E-state index in [-0.39, 0.29) is 0 Å². The van der Waals surface area contributed by atoms with Gasteiger partial charge in [-0.15, -0.1) is 0 Å². The van der Waals surface area contributed by atoms with Crippen LogP contribution in [0.4, 0.5) is 0 Å². The molecule has 2 aliphatic rings. The van der Waals surface area contributed by atoms with Crippen LogP contribution in [0.5, 0.6) is 0 Å². The Hall–Kier alpha value is -0.120. The standard InChI is InChI=1S/C15H30N2O/c1-13-11-17(12-14(2)18-13)9-8-16-10-15-6-4-3-5-7-15/h13-16H,3-12H2,1-2H3/t13-,14+. The number of nitrogens with zero attached hydrogens (tertiary/aromatic N) is 1. The number of hydrogen-bond acceptors (Lipinski definition) is 3. The van der Waals surface area contributed by atoms with Gasteiger partial charge in [0.05, 0.1) is 12.2 Å². The second-order valence-corrected chi connectivity index (χ2v) is 6.23. The van der Waals surface area contributed by atoms with Crippen molar-refractivity contribution >= 4 is 0 Å². The van der Waals surface area contributed by atoms with Gasteiger partial charge in [-0.05, 0) is 39.2 Å². The fraction of sp³-hybridized carbons (Fsp3) is 1.00. The number of hydrogen-bond donors (Lipinski definition) is 1. The van der Waals surface area contributed by atoms with Crippen LogP contribution in [0, 0.1) is 5.92 Å². The average molecular weight is 254 g/mol. The van der Waals surface area contributed by atoms with Crippen LogP contribution < -0.4 is 5.32 Å². The first kappa shape index (κ1) is 14.3. The largest absolute Gasteiger partial charge is 0.373 e. The van der Waals surface area contributed by atoms with E-state index in [1.807, 2.05) is 0 Å². The third-order valence-electron chi connectivity index (χ3n) is 4.26. The van der Waals surface area contributed by atoms with E-state index in [1.165, 1.54) is 45.2 Å². The van der Waals surface area contributed by atoms with Gasteiger partial charge in [0.2, 0.25) is 0 Å². The zero-order valence-electron chi connectivity index (χ0n) is 12.2. The van der Waals surface area contributed by atoms with Gasteiger partial charge in [-0.2, -0.15) is 0 Å². The van der Waals surface area contributed by atoms with Gasteiger partial charge in [0.25, 0.3) is 0 Å². The van der Waals surface area contributed by atoms with Crippen molar-refractivity contribution in [3.05, 3.63) is 0 Å². The molecule has 1 aliphatic heterocycles. The summed E-state index contributed by atoms with van der Waals surface area (Å²) >= 11 is 0. The van der Waals surface area contributed by atoms with Crippen molar-refractivity contribution in [1.29, 1.82) is 0 Å². The highest BCUT2D eigenvalue weighted by atomic mass is 16.5. The van der Waals surface area contributed by atoms with E-state index in [0.717, 1.165) is 25.6 Å². The minimum absolute atomic E-state index is 0.395. The molecule has 0 amide bonds. The molecular weight excluding hydrogens is 224 g/mol. The van der Waals surface area contributed by atoms with Gasteiger partial charge in [0.1, 0.15) is 0 Å². The molecule has 1 heterocycles. The van der Waals surface area contributed by atoms with Gasteiger partial charge in [0.15, 0.2) is 0 Å². The fourth-order valence-corrected chi connectivity index (χ4v) is 3.40. The third-order valence-corrected chi connectivity index (χ3v) is 4.26. The van der Waals surface area contributed by atoms with Gasteiger partial charge in [-0.25, -0.2) is 0 Å². The Labute approximate surface area is 112 Å². The van der Waals surface area contributed by atoms with E-state index in [2.05, 4.69) is 24.1 Å². The highest BCUT2D eigenvalue weighted by molar-refractivity contribution is 4.74. The van der Waals surface area contributed by atoms with Crippen LogP contribution in [0.2, 0.25) is 0 Å². The van der Waals surface area contributed by atoms with E-state index in [4.69, 9.17) is 4.74 Å². The average Bonchev–Trinajstić information content (AvgIpc) is 2.35. The summed E-state index contributed by atoms with van der Waals surface area (Å²) in [6, 6.07) is 0. The Kier molecular flexibility index (Phi) is 5.93. The molecule has 1 aliphatic carbocycles. The molecule has 0 aromatic rings. The molecule has 0 bridgehead atoms. The summed E-state index contributed by atoms with van der Waals surface area (Å²) < 4.78 is 5.76. The first-order valence-corrected chi connectivity index (χ1v) is 7.82. The zero-order chi connectivity index (χ0) is 12.8. The van der Waals surface area contributed by atoms with Crippen LogP contribution in [0.3, 0.4) is 0 Å². The van der Waals surface area contributed by atoms with E-state index in [9.17, 15) is 0 Å². The molecule has 2 rings (SSSR count). The second kappa shape index (κ2) is 7.46. The predicted molar refractivity (Wildman–Crippen MR) is 75.9 cm³/mol. The van der Waals surface area contributed by atoms with Crippen molar-refractivity contribution < 1.29 is 4.74 Å². The Morgan fingerprint density at radius 3 is 2.39 bits per heavy atom. The lowest BCUT2D eigenvalue weighted by Gasteiger charge is -2.35. The molecule has 3 heteroatoms. The normalized spacial score (nSPS) is 31.7. The first-order chi connectivity index (χ1) is 8.74. The molecule has 0 spiro atoms. The monoisotopic (exact) mass is 254 g/mol. The van der Waals surface area contributed by atoms with E-state index in [1.54, 1.807) is 0 Å². The van der Waals surface area contributed by atoms with E-state index >= 15 is 0 Å². The van der Waals surface area contributed by atoms with Crippen LogP contribution in [-0.2, 0) is 4.74 Å². The number of nitrogens with one attached hydrogen (secondary N) is 1. The molecule has 0 unspecified atom stereocenters. The minimum Gasteiger partial charge on any atom is -0.373 e. The van der Waals surface area contributed by atoms with Crippen molar-refractivity contribution in [3.8, 4) is 0 Å². The predicted octanol–water partition coefficient (Wildman–Crippen LogP) is 2.27. The van der Waals surface area contributed by atoms with Crippen molar-refractivity contribution in [2.45, 2.75) is 58.2 Å². The highest BCUT2D eigenvalue weighted by Gasteiger charge is 2.21. The zero-order valence-corrected chi connectivity index (χ0v) is 12.2. The summed E-state index contributed by atoms with van der Waals surface area (Å²) in [6.07, 6.45) is 8.03. The third kappa shape index (κ3) is 4.87. The van der Waals surface area contributed by atoms with Gasteiger partial charge >= 0.3 is 0 Å². The summed E-state index contributed by atoms with van der Waals surface area (Å²) in [5.41, 5.74) is 0.